The third-order valence-corrected chi connectivity index (χ3v) is 3.70. The molecule has 0 aromatic rings. The topological polar surface area (TPSA) is 72.2 Å². The van der Waals surface area contributed by atoms with Gasteiger partial charge in [-0.2, -0.15) is 0 Å². The first-order valence-electron chi connectivity index (χ1n) is 6.61. The van der Waals surface area contributed by atoms with E-state index >= 15 is 0 Å². The van der Waals surface area contributed by atoms with Gasteiger partial charge in [0.25, 0.3) is 5.91 Å². The molecule has 2 amide bonds. The minimum absolute atomic E-state index is 0.299. The zero-order valence-electron chi connectivity index (χ0n) is 11.5. The van der Waals surface area contributed by atoms with Crippen molar-refractivity contribution in [1.82, 2.24) is 5.32 Å². The minimum atomic E-state index is -0.897. The molecule has 1 rings (SSSR count). The largest absolute Gasteiger partial charge is 0.368 e. The molecule has 0 unspecified atom stereocenters. The average Bonchev–Trinajstić information content (AvgIpc) is 2.85. The lowest BCUT2D eigenvalue weighted by molar-refractivity contribution is -0.129. The number of rotatable bonds is 6. The highest BCUT2D eigenvalue weighted by atomic mass is 16.2. The molecule has 0 spiro atoms. The van der Waals surface area contributed by atoms with Crippen LogP contribution in [0.5, 0.6) is 0 Å². The predicted molar refractivity (Wildman–Crippen MR) is 76.2 cm³/mol. The van der Waals surface area contributed by atoms with Crippen LogP contribution in [0.2, 0.25) is 0 Å². The quantitative estimate of drug-likeness (QED) is 0.567. The van der Waals surface area contributed by atoms with Crippen LogP contribution in [0, 0.1) is 0 Å². The first-order chi connectivity index (χ1) is 9.00. The summed E-state index contributed by atoms with van der Waals surface area (Å²) in [6.07, 6.45) is 6.84. The molecule has 1 fully saturated rings. The van der Waals surface area contributed by atoms with Crippen molar-refractivity contribution in [1.29, 1.82) is 0 Å². The molecule has 0 aromatic heterocycles. The summed E-state index contributed by atoms with van der Waals surface area (Å²) in [6, 6.07) is 0. The Kier molecular flexibility index (Phi) is 5.10. The molecule has 1 saturated carbocycles. The molecule has 0 heterocycles. The molecular formula is C15H22N2O2. The summed E-state index contributed by atoms with van der Waals surface area (Å²) in [7, 11) is 0. The van der Waals surface area contributed by atoms with Crippen LogP contribution < -0.4 is 11.1 Å². The van der Waals surface area contributed by atoms with Gasteiger partial charge in [-0.25, -0.2) is 0 Å². The summed E-state index contributed by atoms with van der Waals surface area (Å²) in [5, 5.41) is 2.80. The van der Waals surface area contributed by atoms with E-state index in [9.17, 15) is 9.59 Å². The van der Waals surface area contributed by atoms with Gasteiger partial charge in [0.1, 0.15) is 5.54 Å². The van der Waals surface area contributed by atoms with Gasteiger partial charge in [-0.3, -0.25) is 9.59 Å². The van der Waals surface area contributed by atoms with E-state index in [0.717, 1.165) is 18.4 Å². The van der Waals surface area contributed by atoms with Crippen LogP contribution in [0.15, 0.2) is 36.5 Å². The van der Waals surface area contributed by atoms with Crippen LogP contribution in [0.1, 0.15) is 39.0 Å². The number of carbonyl (C=O) groups is 2. The molecule has 0 bridgehead atoms. The van der Waals surface area contributed by atoms with Crippen molar-refractivity contribution in [3.05, 3.63) is 36.5 Å². The molecule has 0 saturated heterocycles. The first-order valence-corrected chi connectivity index (χ1v) is 6.61. The van der Waals surface area contributed by atoms with E-state index in [-0.39, 0.29) is 5.91 Å². The summed E-state index contributed by atoms with van der Waals surface area (Å²) >= 11 is 0. The van der Waals surface area contributed by atoms with Gasteiger partial charge >= 0.3 is 0 Å². The van der Waals surface area contributed by atoms with Crippen molar-refractivity contribution in [3.8, 4) is 0 Å². The number of carbonyl (C=O) groups excluding carboxylic acids is 2. The Bertz CT molecular complexity index is 429. The fraction of sp³-hybridized carbons (Fsp3) is 0.467. The summed E-state index contributed by atoms with van der Waals surface area (Å²) in [4.78, 5) is 23.9. The van der Waals surface area contributed by atoms with Crippen LogP contribution in [-0.2, 0) is 9.59 Å². The maximum Gasteiger partial charge on any atom is 0.252 e. The van der Waals surface area contributed by atoms with Crippen molar-refractivity contribution in [3.63, 3.8) is 0 Å². The number of hydrogen-bond acceptors (Lipinski definition) is 2. The van der Waals surface area contributed by atoms with Gasteiger partial charge in [0.2, 0.25) is 5.91 Å². The van der Waals surface area contributed by atoms with Crippen LogP contribution in [-0.4, -0.2) is 17.4 Å². The molecular weight excluding hydrogens is 240 g/mol. The highest BCUT2D eigenvalue weighted by molar-refractivity contribution is 6.01. The van der Waals surface area contributed by atoms with E-state index in [2.05, 4.69) is 18.5 Å². The molecule has 4 nitrogen and oxygen atoms in total. The van der Waals surface area contributed by atoms with Gasteiger partial charge in [0, 0.05) is 5.57 Å². The average molecular weight is 262 g/mol. The van der Waals surface area contributed by atoms with Crippen molar-refractivity contribution in [2.45, 2.75) is 44.6 Å². The highest BCUT2D eigenvalue weighted by Crippen LogP contribution is 2.30. The fourth-order valence-corrected chi connectivity index (χ4v) is 2.51. The van der Waals surface area contributed by atoms with E-state index < -0.39 is 11.4 Å². The Labute approximate surface area is 114 Å². The predicted octanol–water partition coefficient (Wildman–Crippen LogP) is 1.98. The maximum absolute atomic E-state index is 12.3. The van der Waals surface area contributed by atoms with Gasteiger partial charge in [-0.05, 0) is 24.8 Å². The molecule has 104 valence electrons. The normalized spacial score (nSPS) is 18.4. The minimum Gasteiger partial charge on any atom is -0.368 e. The Balaban J connectivity index is 3.00. The number of nitrogens with two attached hydrogens (primary N) is 1. The van der Waals surface area contributed by atoms with Gasteiger partial charge in [0.15, 0.2) is 0 Å². The highest BCUT2D eigenvalue weighted by Gasteiger charge is 2.41. The third-order valence-electron chi connectivity index (χ3n) is 3.70. The van der Waals surface area contributed by atoms with Gasteiger partial charge in [-0.15, -0.1) is 0 Å². The number of hydrogen-bond donors (Lipinski definition) is 2. The van der Waals surface area contributed by atoms with E-state index in [4.69, 9.17) is 5.73 Å². The standard InChI is InChI=1S/C15H22N2O2/c1-4-11(5-2)12(6-3)13(18)17-15(14(16)19)9-7-8-10-15/h4,6H,1,3,5,7-10H2,2H3,(H2,16,19)(H,17,18)/b12-11-. The van der Waals surface area contributed by atoms with Gasteiger partial charge in [0.05, 0.1) is 0 Å². The molecule has 1 aliphatic carbocycles. The fourth-order valence-electron chi connectivity index (χ4n) is 2.51. The first kappa shape index (κ1) is 15.2. The summed E-state index contributed by atoms with van der Waals surface area (Å²) < 4.78 is 0. The summed E-state index contributed by atoms with van der Waals surface area (Å²) in [5.41, 5.74) is 5.82. The zero-order chi connectivity index (χ0) is 14.5. The second kappa shape index (κ2) is 6.36. The molecule has 19 heavy (non-hydrogen) atoms. The Morgan fingerprint density at radius 2 is 1.84 bits per heavy atom. The molecule has 4 heteroatoms. The third kappa shape index (κ3) is 3.13. The molecule has 0 atom stereocenters. The van der Waals surface area contributed by atoms with E-state index in [1.54, 1.807) is 6.08 Å². The van der Waals surface area contributed by atoms with Crippen LogP contribution in [0.25, 0.3) is 0 Å². The van der Waals surface area contributed by atoms with Crippen molar-refractivity contribution in [2.24, 2.45) is 5.73 Å². The number of amides is 2. The molecule has 0 radical (unpaired) electrons. The van der Waals surface area contributed by atoms with Crippen LogP contribution in [0.4, 0.5) is 0 Å². The lowest BCUT2D eigenvalue weighted by Crippen LogP contribution is -2.55. The van der Waals surface area contributed by atoms with E-state index in [1.807, 2.05) is 6.92 Å². The zero-order valence-corrected chi connectivity index (χ0v) is 11.5. The monoisotopic (exact) mass is 262 g/mol. The Hall–Kier alpha value is -1.84. The summed E-state index contributed by atoms with van der Waals surface area (Å²) in [6.45, 7) is 9.29. The molecule has 0 aromatic carbocycles. The van der Waals surface area contributed by atoms with Crippen LogP contribution in [0.3, 0.4) is 0 Å². The second-order valence-corrected chi connectivity index (χ2v) is 4.81. The Morgan fingerprint density at radius 3 is 2.21 bits per heavy atom. The summed E-state index contributed by atoms with van der Waals surface area (Å²) in [5.74, 6) is -0.758. The Morgan fingerprint density at radius 1 is 1.26 bits per heavy atom. The van der Waals surface area contributed by atoms with E-state index in [1.165, 1.54) is 6.08 Å². The van der Waals surface area contributed by atoms with Gasteiger partial charge < -0.3 is 11.1 Å². The van der Waals surface area contributed by atoms with E-state index in [0.29, 0.717) is 24.8 Å². The van der Waals surface area contributed by atoms with Crippen molar-refractivity contribution in [2.75, 3.05) is 0 Å². The molecule has 3 N–H and O–H groups in total. The van der Waals surface area contributed by atoms with Crippen molar-refractivity contribution < 1.29 is 9.59 Å². The lowest BCUT2D eigenvalue weighted by atomic mass is 9.95. The van der Waals surface area contributed by atoms with Gasteiger partial charge in [-0.1, -0.05) is 45.1 Å². The SMILES string of the molecule is C=C/C(CC)=C(\C=C)C(=O)NC1(C(N)=O)CCCC1. The molecule has 1 aliphatic rings. The van der Waals surface area contributed by atoms with Crippen molar-refractivity contribution >= 4 is 11.8 Å². The molecule has 0 aliphatic heterocycles. The second-order valence-electron chi connectivity index (χ2n) is 4.81. The number of primary amides is 1. The smallest absolute Gasteiger partial charge is 0.252 e. The number of allylic oxidation sites excluding steroid dienone is 2. The number of nitrogens with one attached hydrogen (secondary N) is 1. The van der Waals surface area contributed by atoms with Crippen LogP contribution >= 0.6 is 0 Å². The lowest BCUT2D eigenvalue weighted by Gasteiger charge is -2.27. The maximum atomic E-state index is 12.3.